The van der Waals surface area contributed by atoms with Gasteiger partial charge in [0.15, 0.2) is 11.5 Å². The number of nitrogens with zero attached hydrogens (tertiary/aromatic N) is 6. The van der Waals surface area contributed by atoms with Gasteiger partial charge >= 0.3 is 0 Å². The molecule has 2 aliphatic rings. The van der Waals surface area contributed by atoms with E-state index >= 15 is 0 Å². The highest BCUT2D eigenvalue weighted by molar-refractivity contribution is 9.10. The molecule has 2 aliphatic carbocycles. The van der Waals surface area contributed by atoms with Gasteiger partial charge in [-0.05, 0) is 83.2 Å². The molecule has 0 saturated heterocycles. The normalized spacial score (nSPS) is 17.5. The highest BCUT2D eigenvalue weighted by Gasteiger charge is 2.16. The third-order valence-corrected chi connectivity index (χ3v) is 7.48. The summed E-state index contributed by atoms with van der Waals surface area (Å²) in [4.78, 5) is 16.8. The van der Waals surface area contributed by atoms with Gasteiger partial charge in [-0.15, -0.1) is 0 Å². The molecular weight excluding hydrogens is 564 g/mol. The Labute approximate surface area is 215 Å². The topological polar surface area (TPSA) is 78.8 Å². The second-order valence-electron chi connectivity index (χ2n) is 8.84. The number of rotatable bonds is 4. The van der Waals surface area contributed by atoms with Crippen LogP contribution in [0.2, 0.25) is 0 Å². The molecule has 8 nitrogen and oxygen atoms in total. The quantitative estimate of drug-likeness (QED) is 0.273. The third kappa shape index (κ3) is 5.71. The van der Waals surface area contributed by atoms with Crippen LogP contribution >= 0.6 is 31.9 Å². The molecule has 0 spiro atoms. The molecule has 0 aromatic carbocycles. The summed E-state index contributed by atoms with van der Waals surface area (Å²) >= 11 is 6.86. The maximum absolute atomic E-state index is 5.96. The van der Waals surface area contributed by atoms with E-state index < -0.39 is 0 Å². The number of fused-ring (bicyclic) bond motifs is 2. The SMILES string of the molecule is Brc1cnc2ncc(OC3CCCCC3)cn12.Brc1cnc2ncc(OC3CCCCC3)cn12. The van der Waals surface area contributed by atoms with Crippen molar-refractivity contribution in [1.29, 1.82) is 0 Å². The van der Waals surface area contributed by atoms with Crippen LogP contribution in [-0.2, 0) is 0 Å². The molecule has 180 valence electrons. The summed E-state index contributed by atoms with van der Waals surface area (Å²) in [5.74, 6) is 3.02. The van der Waals surface area contributed by atoms with Crippen molar-refractivity contribution in [2.75, 3.05) is 0 Å². The number of aromatic nitrogens is 6. The van der Waals surface area contributed by atoms with Crippen LogP contribution in [0.3, 0.4) is 0 Å². The van der Waals surface area contributed by atoms with E-state index in [0.29, 0.717) is 23.8 Å². The van der Waals surface area contributed by atoms with Crippen molar-refractivity contribution in [3.05, 3.63) is 46.4 Å². The van der Waals surface area contributed by atoms with Crippen LogP contribution in [0.4, 0.5) is 0 Å². The fraction of sp³-hybridized carbons (Fsp3) is 0.500. The third-order valence-electron chi connectivity index (χ3n) is 6.30. The Morgan fingerprint density at radius 1 is 0.588 bits per heavy atom. The van der Waals surface area contributed by atoms with Gasteiger partial charge in [-0.1, -0.05) is 12.8 Å². The second kappa shape index (κ2) is 11.0. The summed E-state index contributed by atoms with van der Waals surface area (Å²) in [6, 6.07) is 0. The van der Waals surface area contributed by atoms with Crippen molar-refractivity contribution < 1.29 is 9.47 Å². The van der Waals surface area contributed by atoms with E-state index in [4.69, 9.17) is 9.47 Å². The molecule has 4 heterocycles. The van der Waals surface area contributed by atoms with Gasteiger partial charge in [0.1, 0.15) is 9.21 Å². The Bertz CT molecular complexity index is 1130. The molecule has 0 radical (unpaired) electrons. The van der Waals surface area contributed by atoms with Gasteiger partial charge in [0.05, 0.1) is 49.4 Å². The molecule has 6 rings (SSSR count). The summed E-state index contributed by atoms with van der Waals surface area (Å²) in [7, 11) is 0. The molecule has 0 atom stereocenters. The lowest BCUT2D eigenvalue weighted by molar-refractivity contribution is 0.153. The maximum Gasteiger partial charge on any atom is 0.234 e. The molecule has 0 bridgehead atoms. The van der Waals surface area contributed by atoms with Gasteiger partial charge in [0.25, 0.3) is 0 Å². The molecule has 0 amide bonds. The number of hydrogen-bond donors (Lipinski definition) is 0. The van der Waals surface area contributed by atoms with Gasteiger partial charge < -0.3 is 9.47 Å². The fourth-order valence-electron chi connectivity index (χ4n) is 4.53. The van der Waals surface area contributed by atoms with Crippen molar-refractivity contribution >= 4 is 43.4 Å². The van der Waals surface area contributed by atoms with Crippen molar-refractivity contribution in [2.24, 2.45) is 0 Å². The molecule has 10 heteroatoms. The Hall–Kier alpha value is -2.20. The minimum Gasteiger partial charge on any atom is -0.487 e. The van der Waals surface area contributed by atoms with Crippen LogP contribution in [0.25, 0.3) is 11.6 Å². The Balaban J connectivity index is 0.000000142. The monoisotopic (exact) mass is 590 g/mol. The predicted molar refractivity (Wildman–Crippen MR) is 136 cm³/mol. The lowest BCUT2D eigenvalue weighted by Gasteiger charge is -2.22. The number of imidazole rings is 2. The van der Waals surface area contributed by atoms with Crippen LogP contribution in [0.5, 0.6) is 11.5 Å². The van der Waals surface area contributed by atoms with Gasteiger partial charge in [-0.25, -0.2) is 19.9 Å². The smallest absolute Gasteiger partial charge is 0.234 e. The Kier molecular flexibility index (Phi) is 7.63. The minimum absolute atomic E-state index is 0.352. The summed E-state index contributed by atoms with van der Waals surface area (Å²) in [6.07, 6.45) is 24.0. The molecule has 34 heavy (non-hydrogen) atoms. The molecule has 0 N–H and O–H groups in total. The van der Waals surface area contributed by atoms with Crippen LogP contribution in [0.15, 0.2) is 46.4 Å². The van der Waals surface area contributed by atoms with E-state index in [1.165, 1.54) is 38.5 Å². The molecule has 0 aliphatic heterocycles. The Morgan fingerprint density at radius 3 is 1.38 bits per heavy atom. The highest BCUT2D eigenvalue weighted by Crippen LogP contribution is 2.25. The first-order chi connectivity index (χ1) is 16.7. The van der Waals surface area contributed by atoms with E-state index in [-0.39, 0.29) is 0 Å². The van der Waals surface area contributed by atoms with Crippen LogP contribution in [0.1, 0.15) is 64.2 Å². The summed E-state index contributed by atoms with van der Waals surface area (Å²) in [5.41, 5.74) is 0. The second-order valence-corrected chi connectivity index (χ2v) is 10.5. The van der Waals surface area contributed by atoms with Crippen molar-refractivity contribution in [1.82, 2.24) is 28.7 Å². The highest BCUT2D eigenvalue weighted by atomic mass is 79.9. The number of ether oxygens (including phenoxy) is 2. The van der Waals surface area contributed by atoms with Gasteiger partial charge in [0, 0.05) is 0 Å². The largest absolute Gasteiger partial charge is 0.487 e. The van der Waals surface area contributed by atoms with Crippen molar-refractivity contribution in [3.8, 4) is 11.5 Å². The molecule has 4 aromatic rings. The van der Waals surface area contributed by atoms with Crippen LogP contribution in [-0.4, -0.2) is 40.9 Å². The van der Waals surface area contributed by atoms with E-state index in [2.05, 4.69) is 51.8 Å². The zero-order chi connectivity index (χ0) is 23.3. The first-order valence-electron chi connectivity index (χ1n) is 12.0. The van der Waals surface area contributed by atoms with E-state index in [0.717, 1.165) is 46.4 Å². The summed E-state index contributed by atoms with van der Waals surface area (Å²) in [5, 5.41) is 0. The van der Waals surface area contributed by atoms with Crippen LogP contribution < -0.4 is 9.47 Å². The zero-order valence-electron chi connectivity index (χ0n) is 18.9. The fourth-order valence-corrected chi connectivity index (χ4v) is 5.25. The predicted octanol–water partition coefficient (Wildman–Crippen LogP) is 6.41. The van der Waals surface area contributed by atoms with Crippen LogP contribution in [0, 0.1) is 0 Å². The van der Waals surface area contributed by atoms with Gasteiger partial charge in [0.2, 0.25) is 11.6 Å². The Morgan fingerprint density at radius 2 is 0.971 bits per heavy atom. The first-order valence-corrected chi connectivity index (χ1v) is 13.5. The minimum atomic E-state index is 0.352. The zero-order valence-corrected chi connectivity index (χ0v) is 22.1. The number of halogens is 2. The molecule has 2 saturated carbocycles. The first kappa shape index (κ1) is 23.5. The average molecular weight is 592 g/mol. The molecular formula is C24H28Br2N6O2. The number of hydrogen-bond acceptors (Lipinski definition) is 6. The maximum atomic E-state index is 5.96. The lowest BCUT2D eigenvalue weighted by atomic mass is 9.98. The van der Waals surface area contributed by atoms with Crippen molar-refractivity contribution in [2.45, 2.75) is 76.4 Å². The van der Waals surface area contributed by atoms with E-state index in [9.17, 15) is 0 Å². The summed E-state index contributed by atoms with van der Waals surface area (Å²) < 4.78 is 17.5. The molecule has 0 unspecified atom stereocenters. The van der Waals surface area contributed by atoms with Gasteiger partial charge in [-0.2, -0.15) is 0 Å². The van der Waals surface area contributed by atoms with Gasteiger partial charge in [-0.3, -0.25) is 8.80 Å². The standard InChI is InChI=1S/2C12H14BrN3O/c2*13-11-7-15-12-14-6-10(8-16(11)12)17-9-4-2-1-3-5-9/h2*6-9H,1-5H2. The molecule has 2 fully saturated rings. The van der Waals surface area contributed by atoms with Crippen molar-refractivity contribution in [3.63, 3.8) is 0 Å². The van der Waals surface area contributed by atoms with E-state index in [1.54, 1.807) is 24.8 Å². The average Bonchev–Trinajstić information content (AvgIpc) is 3.43. The molecule has 4 aromatic heterocycles. The summed E-state index contributed by atoms with van der Waals surface area (Å²) in [6.45, 7) is 0. The lowest BCUT2D eigenvalue weighted by Crippen LogP contribution is -2.19. The van der Waals surface area contributed by atoms with E-state index in [1.807, 2.05) is 21.2 Å².